The summed E-state index contributed by atoms with van der Waals surface area (Å²) in [4.78, 5) is 15.8. The highest BCUT2D eigenvalue weighted by molar-refractivity contribution is 5.92. The van der Waals surface area contributed by atoms with Crippen LogP contribution in [0.25, 0.3) is 0 Å². The third kappa shape index (κ3) is 3.40. The molecule has 1 aromatic carbocycles. The molecular weight excluding hydrogens is 254 g/mol. The molecule has 1 amide bonds. The third-order valence-corrected chi connectivity index (χ3v) is 2.75. The molecule has 0 atom stereocenters. The summed E-state index contributed by atoms with van der Waals surface area (Å²) in [6, 6.07) is 12.3. The quantitative estimate of drug-likeness (QED) is 0.876. The average molecular weight is 267 g/mol. The fourth-order valence-electron chi connectivity index (χ4n) is 1.71. The Balaban J connectivity index is 1.99. The number of hydrogen-bond acceptors (Lipinski definition) is 4. The molecule has 0 bridgehead atoms. The summed E-state index contributed by atoms with van der Waals surface area (Å²) in [7, 11) is 0. The van der Waals surface area contributed by atoms with Crippen molar-refractivity contribution in [2.45, 2.75) is 13.2 Å². The third-order valence-electron chi connectivity index (χ3n) is 2.75. The van der Waals surface area contributed by atoms with Gasteiger partial charge in [-0.15, -0.1) is 0 Å². The lowest BCUT2D eigenvalue weighted by atomic mass is 10.1. The van der Waals surface area contributed by atoms with Gasteiger partial charge in [-0.25, -0.2) is 4.98 Å². The van der Waals surface area contributed by atoms with Crippen molar-refractivity contribution < 1.29 is 9.90 Å². The molecule has 1 heterocycles. The Morgan fingerprint density at radius 2 is 2.10 bits per heavy atom. The molecule has 0 saturated carbocycles. The summed E-state index contributed by atoms with van der Waals surface area (Å²) in [5.41, 5.74) is 2.38. The normalized spacial score (nSPS) is 9.80. The molecule has 0 radical (unpaired) electrons. The second kappa shape index (κ2) is 6.45. The minimum atomic E-state index is -0.302. The van der Waals surface area contributed by atoms with Gasteiger partial charge in [0, 0.05) is 12.7 Å². The van der Waals surface area contributed by atoms with Crippen LogP contribution in [0.15, 0.2) is 42.6 Å². The first-order valence-electron chi connectivity index (χ1n) is 6.06. The van der Waals surface area contributed by atoms with Crippen LogP contribution in [0.5, 0.6) is 0 Å². The predicted octanol–water partition coefficient (Wildman–Crippen LogP) is 1.38. The van der Waals surface area contributed by atoms with Crippen molar-refractivity contribution in [3.8, 4) is 6.07 Å². The van der Waals surface area contributed by atoms with Gasteiger partial charge in [-0.3, -0.25) is 4.79 Å². The van der Waals surface area contributed by atoms with Crippen molar-refractivity contribution in [3.63, 3.8) is 0 Å². The fourth-order valence-corrected chi connectivity index (χ4v) is 1.71. The van der Waals surface area contributed by atoms with Crippen LogP contribution in [0.2, 0.25) is 0 Å². The number of benzene rings is 1. The molecule has 0 saturated heterocycles. The molecule has 0 spiro atoms. The Hall–Kier alpha value is -2.71. The van der Waals surface area contributed by atoms with Gasteiger partial charge in [0.2, 0.25) is 0 Å². The summed E-state index contributed by atoms with van der Waals surface area (Å²) in [6.45, 7) is 0.327. The van der Waals surface area contributed by atoms with Crippen molar-refractivity contribution in [2.75, 3.05) is 0 Å². The molecule has 100 valence electrons. The minimum absolute atomic E-state index is 0.0288. The monoisotopic (exact) mass is 267 g/mol. The van der Waals surface area contributed by atoms with Crippen LogP contribution in [0, 0.1) is 11.3 Å². The number of carbonyl (C=O) groups is 1. The van der Waals surface area contributed by atoms with Gasteiger partial charge in [0.1, 0.15) is 11.8 Å². The van der Waals surface area contributed by atoms with Crippen LogP contribution in [0.3, 0.4) is 0 Å². The predicted molar refractivity (Wildman–Crippen MR) is 72.5 cm³/mol. The first kappa shape index (κ1) is 13.7. The Bertz CT molecular complexity index is 645. The lowest BCUT2D eigenvalue weighted by Gasteiger charge is -2.06. The SMILES string of the molecule is N#Cc1ccc(C(=O)NCc2cccc(CO)c2)nc1. The number of hydrogen-bond donors (Lipinski definition) is 2. The van der Waals surface area contributed by atoms with E-state index in [1.165, 1.54) is 12.3 Å². The summed E-state index contributed by atoms with van der Waals surface area (Å²) in [5, 5.41) is 20.4. The lowest BCUT2D eigenvalue weighted by molar-refractivity contribution is 0.0946. The van der Waals surface area contributed by atoms with E-state index in [4.69, 9.17) is 10.4 Å². The number of carbonyl (C=O) groups excluding carboxylic acids is 1. The maximum absolute atomic E-state index is 11.9. The Morgan fingerprint density at radius 3 is 2.75 bits per heavy atom. The molecule has 0 unspecified atom stereocenters. The standard InChI is InChI=1S/C15H13N3O2/c16-7-13-4-5-14(17-9-13)15(20)18-8-11-2-1-3-12(6-11)10-19/h1-6,9,19H,8,10H2,(H,18,20). The zero-order chi connectivity index (χ0) is 14.4. The molecule has 0 aliphatic heterocycles. The molecular formula is C15H13N3O2. The van der Waals surface area contributed by atoms with E-state index in [2.05, 4.69) is 10.3 Å². The highest BCUT2D eigenvalue weighted by Crippen LogP contribution is 2.05. The van der Waals surface area contributed by atoms with Crippen molar-refractivity contribution in [3.05, 3.63) is 65.0 Å². The van der Waals surface area contributed by atoms with E-state index < -0.39 is 0 Å². The largest absolute Gasteiger partial charge is 0.392 e. The molecule has 2 aromatic rings. The van der Waals surface area contributed by atoms with Crippen LogP contribution in [0.4, 0.5) is 0 Å². The molecule has 20 heavy (non-hydrogen) atoms. The molecule has 0 aliphatic rings. The van der Waals surface area contributed by atoms with Gasteiger partial charge >= 0.3 is 0 Å². The van der Waals surface area contributed by atoms with Crippen molar-refractivity contribution >= 4 is 5.91 Å². The number of nitrogens with one attached hydrogen (secondary N) is 1. The Morgan fingerprint density at radius 1 is 1.30 bits per heavy atom. The Labute approximate surface area is 116 Å². The van der Waals surface area contributed by atoms with Crippen LogP contribution in [0.1, 0.15) is 27.2 Å². The van der Waals surface area contributed by atoms with Crippen LogP contribution in [-0.2, 0) is 13.2 Å². The van der Waals surface area contributed by atoms with Gasteiger partial charge in [-0.1, -0.05) is 24.3 Å². The van der Waals surface area contributed by atoms with Crippen molar-refractivity contribution in [2.24, 2.45) is 0 Å². The van der Waals surface area contributed by atoms with Gasteiger partial charge < -0.3 is 10.4 Å². The fraction of sp³-hybridized carbons (Fsp3) is 0.133. The number of aromatic nitrogens is 1. The smallest absolute Gasteiger partial charge is 0.270 e. The number of nitriles is 1. The number of rotatable bonds is 4. The lowest BCUT2D eigenvalue weighted by Crippen LogP contribution is -2.23. The van der Waals surface area contributed by atoms with E-state index in [1.54, 1.807) is 6.07 Å². The Kier molecular flexibility index (Phi) is 4.43. The number of amides is 1. The van der Waals surface area contributed by atoms with Gasteiger partial charge in [0.15, 0.2) is 0 Å². The highest BCUT2D eigenvalue weighted by Gasteiger charge is 2.06. The maximum Gasteiger partial charge on any atom is 0.270 e. The van der Waals surface area contributed by atoms with E-state index in [1.807, 2.05) is 30.3 Å². The van der Waals surface area contributed by atoms with Gasteiger partial charge in [-0.2, -0.15) is 5.26 Å². The van der Waals surface area contributed by atoms with E-state index in [0.717, 1.165) is 11.1 Å². The van der Waals surface area contributed by atoms with Crippen LogP contribution >= 0.6 is 0 Å². The topological polar surface area (TPSA) is 86.0 Å². The maximum atomic E-state index is 11.9. The summed E-state index contributed by atoms with van der Waals surface area (Å²) in [5.74, 6) is -0.302. The van der Waals surface area contributed by atoms with E-state index in [-0.39, 0.29) is 18.2 Å². The van der Waals surface area contributed by atoms with E-state index >= 15 is 0 Å². The zero-order valence-electron chi connectivity index (χ0n) is 10.7. The molecule has 0 aliphatic carbocycles. The second-order valence-electron chi connectivity index (χ2n) is 4.20. The molecule has 5 nitrogen and oxygen atoms in total. The van der Waals surface area contributed by atoms with Gasteiger partial charge in [0.05, 0.1) is 12.2 Å². The molecule has 0 fully saturated rings. The number of pyridine rings is 1. The second-order valence-corrected chi connectivity index (χ2v) is 4.20. The summed E-state index contributed by atoms with van der Waals surface area (Å²) < 4.78 is 0. The molecule has 5 heteroatoms. The highest BCUT2D eigenvalue weighted by atomic mass is 16.3. The number of aliphatic hydroxyl groups is 1. The number of nitrogens with zero attached hydrogens (tertiary/aromatic N) is 2. The van der Waals surface area contributed by atoms with Crippen molar-refractivity contribution in [1.82, 2.24) is 10.3 Å². The summed E-state index contributed by atoms with van der Waals surface area (Å²) in [6.07, 6.45) is 1.36. The molecule has 1 aromatic heterocycles. The first-order valence-corrected chi connectivity index (χ1v) is 6.06. The average Bonchev–Trinajstić information content (AvgIpc) is 2.53. The molecule has 2 rings (SSSR count). The first-order chi connectivity index (χ1) is 9.72. The van der Waals surface area contributed by atoms with E-state index in [9.17, 15) is 4.79 Å². The molecule has 2 N–H and O–H groups in total. The summed E-state index contributed by atoms with van der Waals surface area (Å²) >= 11 is 0. The van der Waals surface area contributed by atoms with Gasteiger partial charge in [0.25, 0.3) is 5.91 Å². The number of aliphatic hydroxyl groups excluding tert-OH is 1. The minimum Gasteiger partial charge on any atom is -0.392 e. The van der Waals surface area contributed by atoms with Crippen LogP contribution < -0.4 is 5.32 Å². The van der Waals surface area contributed by atoms with Crippen LogP contribution in [-0.4, -0.2) is 16.0 Å². The van der Waals surface area contributed by atoms with E-state index in [0.29, 0.717) is 12.1 Å². The zero-order valence-corrected chi connectivity index (χ0v) is 10.7. The van der Waals surface area contributed by atoms with Crippen molar-refractivity contribution in [1.29, 1.82) is 5.26 Å². The van der Waals surface area contributed by atoms with Gasteiger partial charge in [-0.05, 0) is 23.3 Å².